The number of rotatable bonds is 5. The Labute approximate surface area is 116 Å². The van der Waals surface area contributed by atoms with Gasteiger partial charge in [-0.05, 0) is 24.6 Å². The maximum atomic E-state index is 11.6. The maximum Gasteiger partial charge on any atom is 0.345 e. The second-order valence-electron chi connectivity index (χ2n) is 4.11. The van der Waals surface area contributed by atoms with Crippen molar-refractivity contribution in [3.63, 3.8) is 0 Å². The van der Waals surface area contributed by atoms with Gasteiger partial charge in [0, 0.05) is 0 Å². The Bertz CT molecular complexity index is 590. The molecule has 0 aliphatic carbocycles. The molecule has 0 atom stereocenters. The summed E-state index contributed by atoms with van der Waals surface area (Å²) in [5.74, 6) is -0.0177. The lowest BCUT2D eigenvalue weighted by molar-refractivity contribution is 0.0522. The Morgan fingerprint density at radius 1 is 1.35 bits per heavy atom. The lowest BCUT2D eigenvalue weighted by atomic mass is 10.2. The Morgan fingerprint density at radius 3 is 2.65 bits per heavy atom. The smallest absolute Gasteiger partial charge is 0.345 e. The van der Waals surface area contributed by atoms with Gasteiger partial charge in [-0.2, -0.15) is 5.10 Å². The van der Waals surface area contributed by atoms with E-state index in [1.807, 2.05) is 24.3 Å². The van der Waals surface area contributed by atoms with E-state index in [4.69, 9.17) is 9.47 Å². The number of benzene rings is 1. The zero-order valence-corrected chi connectivity index (χ0v) is 11.4. The molecule has 1 N–H and O–H groups in total. The van der Waals surface area contributed by atoms with Crippen molar-refractivity contribution in [2.45, 2.75) is 13.5 Å². The number of hydrogen-bond acceptors (Lipinski definition) is 5. The fraction of sp³-hybridized carbons (Fsp3) is 0.286. The van der Waals surface area contributed by atoms with Crippen LogP contribution in [0.3, 0.4) is 0 Å². The second-order valence-corrected chi connectivity index (χ2v) is 4.11. The number of nitrogens with zero attached hydrogens (tertiary/aromatic N) is 2. The molecule has 1 aromatic carbocycles. The van der Waals surface area contributed by atoms with Gasteiger partial charge in [-0.1, -0.05) is 12.1 Å². The molecule has 0 radical (unpaired) electrons. The molecule has 1 aromatic heterocycles. The van der Waals surface area contributed by atoms with E-state index < -0.39 is 5.97 Å². The number of esters is 1. The first-order chi connectivity index (χ1) is 9.65. The van der Waals surface area contributed by atoms with E-state index in [1.54, 1.807) is 14.0 Å². The Hall–Kier alpha value is -2.50. The lowest BCUT2D eigenvalue weighted by Crippen LogP contribution is -2.05. The summed E-state index contributed by atoms with van der Waals surface area (Å²) in [6, 6.07) is 7.37. The van der Waals surface area contributed by atoms with Crippen molar-refractivity contribution in [2.24, 2.45) is 0 Å². The molecule has 2 rings (SSSR count). The first-order valence-corrected chi connectivity index (χ1v) is 6.20. The third kappa shape index (κ3) is 2.90. The van der Waals surface area contributed by atoms with Crippen molar-refractivity contribution >= 4 is 5.97 Å². The van der Waals surface area contributed by atoms with E-state index >= 15 is 0 Å². The molecule has 0 fully saturated rings. The minimum Gasteiger partial charge on any atom is -0.497 e. The van der Waals surface area contributed by atoms with Crippen LogP contribution in [0.4, 0.5) is 0 Å². The quantitative estimate of drug-likeness (QED) is 0.843. The number of methoxy groups -OCH3 is 1. The van der Waals surface area contributed by atoms with Crippen molar-refractivity contribution in [2.75, 3.05) is 13.7 Å². The Kier molecular flexibility index (Phi) is 4.24. The molecule has 0 bridgehead atoms. The summed E-state index contributed by atoms with van der Waals surface area (Å²) in [4.78, 5) is 11.6. The highest BCUT2D eigenvalue weighted by Gasteiger charge is 2.17. The van der Waals surface area contributed by atoms with Crippen molar-refractivity contribution in [1.82, 2.24) is 9.78 Å². The van der Waals surface area contributed by atoms with E-state index in [9.17, 15) is 9.90 Å². The third-order valence-corrected chi connectivity index (χ3v) is 2.80. The van der Waals surface area contributed by atoms with Gasteiger partial charge in [0.25, 0.3) is 0 Å². The summed E-state index contributed by atoms with van der Waals surface area (Å²) in [5, 5.41) is 14.0. The largest absolute Gasteiger partial charge is 0.497 e. The van der Waals surface area contributed by atoms with Gasteiger partial charge in [0.2, 0.25) is 5.88 Å². The molecule has 6 heteroatoms. The van der Waals surface area contributed by atoms with Crippen LogP contribution >= 0.6 is 0 Å². The predicted octanol–water partition coefficient (Wildman–Crippen LogP) is 1.82. The molecule has 0 aliphatic rings. The van der Waals surface area contributed by atoms with Gasteiger partial charge in [-0.25, -0.2) is 9.48 Å². The zero-order valence-electron chi connectivity index (χ0n) is 11.4. The van der Waals surface area contributed by atoms with E-state index in [1.165, 1.54) is 10.9 Å². The van der Waals surface area contributed by atoms with Gasteiger partial charge in [-0.3, -0.25) is 0 Å². The van der Waals surface area contributed by atoms with E-state index in [2.05, 4.69) is 5.10 Å². The van der Waals surface area contributed by atoms with Crippen LogP contribution in [-0.4, -0.2) is 34.6 Å². The van der Waals surface area contributed by atoms with Crippen LogP contribution in [0.1, 0.15) is 22.8 Å². The van der Waals surface area contributed by atoms with Crippen LogP contribution in [0, 0.1) is 0 Å². The van der Waals surface area contributed by atoms with Crippen LogP contribution in [0.25, 0.3) is 0 Å². The van der Waals surface area contributed by atoms with Crippen LogP contribution in [0.2, 0.25) is 0 Å². The molecule has 0 spiro atoms. The molecule has 106 valence electrons. The van der Waals surface area contributed by atoms with E-state index in [0.29, 0.717) is 6.54 Å². The predicted molar refractivity (Wildman–Crippen MR) is 71.9 cm³/mol. The molecule has 0 saturated carbocycles. The summed E-state index contributed by atoms with van der Waals surface area (Å²) in [5.41, 5.74) is 1.000. The van der Waals surface area contributed by atoms with Crippen LogP contribution in [0.5, 0.6) is 11.6 Å². The van der Waals surface area contributed by atoms with Gasteiger partial charge < -0.3 is 14.6 Å². The van der Waals surface area contributed by atoms with Gasteiger partial charge in [-0.15, -0.1) is 0 Å². The molecule has 0 aliphatic heterocycles. The van der Waals surface area contributed by atoms with Crippen molar-refractivity contribution in [1.29, 1.82) is 0 Å². The Morgan fingerprint density at radius 2 is 2.05 bits per heavy atom. The number of ether oxygens (including phenoxy) is 2. The lowest BCUT2D eigenvalue weighted by Gasteiger charge is -2.05. The SMILES string of the molecule is CCOC(=O)c1cnn(Cc2ccc(OC)cc2)c1O. The second kappa shape index (κ2) is 6.10. The highest BCUT2D eigenvalue weighted by atomic mass is 16.5. The highest BCUT2D eigenvalue weighted by Crippen LogP contribution is 2.19. The molecule has 6 nitrogen and oxygen atoms in total. The molecule has 0 unspecified atom stereocenters. The minimum absolute atomic E-state index is 0.0698. The van der Waals surface area contributed by atoms with Gasteiger partial charge in [0.1, 0.15) is 11.3 Å². The number of carbonyl (C=O) groups excluding carboxylic acids is 1. The summed E-state index contributed by atoms with van der Waals surface area (Å²) >= 11 is 0. The molecular weight excluding hydrogens is 260 g/mol. The molecule has 0 amide bonds. The molecule has 1 heterocycles. The van der Waals surface area contributed by atoms with Gasteiger partial charge in [0.15, 0.2) is 0 Å². The average molecular weight is 276 g/mol. The van der Waals surface area contributed by atoms with Crippen LogP contribution < -0.4 is 4.74 Å². The first kappa shape index (κ1) is 13.9. The standard InChI is InChI=1S/C14H16N2O4/c1-3-20-14(18)12-8-15-16(13(12)17)9-10-4-6-11(19-2)7-5-10/h4-8,17H,3,9H2,1-2H3. The molecule has 0 saturated heterocycles. The number of carbonyl (C=O) groups is 1. The highest BCUT2D eigenvalue weighted by molar-refractivity contribution is 5.91. The van der Waals surface area contributed by atoms with Crippen molar-refractivity contribution < 1.29 is 19.4 Å². The number of hydrogen-bond donors (Lipinski definition) is 1. The Balaban J connectivity index is 2.15. The van der Waals surface area contributed by atoms with E-state index in [-0.39, 0.29) is 18.1 Å². The fourth-order valence-corrected chi connectivity index (χ4v) is 1.75. The third-order valence-electron chi connectivity index (χ3n) is 2.80. The van der Waals surface area contributed by atoms with Crippen molar-refractivity contribution in [3.8, 4) is 11.6 Å². The minimum atomic E-state index is -0.578. The monoisotopic (exact) mass is 276 g/mol. The van der Waals surface area contributed by atoms with Crippen molar-refractivity contribution in [3.05, 3.63) is 41.6 Å². The average Bonchev–Trinajstić information content (AvgIpc) is 2.81. The maximum absolute atomic E-state index is 11.6. The summed E-state index contributed by atoms with van der Waals surface area (Å²) in [6.07, 6.45) is 1.30. The molecular formula is C14H16N2O4. The molecule has 20 heavy (non-hydrogen) atoms. The zero-order chi connectivity index (χ0) is 14.5. The van der Waals surface area contributed by atoms with Gasteiger partial charge in [0.05, 0.1) is 26.5 Å². The van der Waals surface area contributed by atoms with Crippen LogP contribution in [0.15, 0.2) is 30.5 Å². The number of aromatic hydroxyl groups is 1. The summed E-state index contributed by atoms with van der Waals surface area (Å²) in [7, 11) is 1.60. The number of aromatic nitrogens is 2. The van der Waals surface area contributed by atoms with Crippen LogP contribution in [-0.2, 0) is 11.3 Å². The fourth-order valence-electron chi connectivity index (χ4n) is 1.75. The van der Waals surface area contributed by atoms with Gasteiger partial charge >= 0.3 is 5.97 Å². The summed E-state index contributed by atoms with van der Waals surface area (Å²) in [6.45, 7) is 2.31. The first-order valence-electron chi connectivity index (χ1n) is 6.20. The molecule has 2 aromatic rings. The van der Waals surface area contributed by atoms with E-state index in [0.717, 1.165) is 11.3 Å². The normalized spacial score (nSPS) is 10.3. The topological polar surface area (TPSA) is 73.6 Å². The summed E-state index contributed by atoms with van der Waals surface area (Å²) < 4.78 is 11.2.